The van der Waals surface area contributed by atoms with E-state index in [9.17, 15) is 9.59 Å². The molecule has 6 nitrogen and oxygen atoms in total. The standard InChI is InChI=1S/C23H28N2O4/c1-18(2)29-23(27)20-8-10-21(11-9-20)28-17-22(26)25-14-12-24(13-15-25)16-19-6-4-3-5-7-19/h3-11,18H,12-17H2,1-2H3. The largest absolute Gasteiger partial charge is 0.484 e. The molecule has 0 N–H and O–H groups in total. The Morgan fingerprint density at radius 2 is 1.59 bits per heavy atom. The lowest BCUT2D eigenvalue weighted by Crippen LogP contribution is -2.49. The molecular weight excluding hydrogens is 368 g/mol. The third kappa shape index (κ3) is 6.32. The molecule has 1 aliphatic rings. The molecule has 1 fully saturated rings. The van der Waals surface area contributed by atoms with Crippen molar-refractivity contribution in [2.75, 3.05) is 32.8 Å². The van der Waals surface area contributed by atoms with Gasteiger partial charge in [-0.3, -0.25) is 9.69 Å². The number of nitrogens with zero attached hydrogens (tertiary/aromatic N) is 2. The summed E-state index contributed by atoms with van der Waals surface area (Å²) in [4.78, 5) is 28.5. The van der Waals surface area contributed by atoms with Crippen molar-refractivity contribution in [3.05, 3.63) is 65.7 Å². The summed E-state index contributed by atoms with van der Waals surface area (Å²) in [6, 6.07) is 17.0. The summed E-state index contributed by atoms with van der Waals surface area (Å²) in [5.74, 6) is 0.172. The zero-order chi connectivity index (χ0) is 20.6. The van der Waals surface area contributed by atoms with E-state index in [1.54, 1.807) is 24.3 Å². The lowest BCUT2D eigenvalue weighted by atomic mass is 10.2. The van der Waals surface area contributed by atoms with E-state index in [0.29, 0.717) is 24.4 Å². The predicted molar refractivity (Wildman–Crippen MR) is 111 cm³/mol. The van der Waals surface area contributed by atoms with Crippen molar-refractivity contribution in [1.82, 2.24) is 9.80 Å². The highest BCUT2D eigenvalue weighted by molar-refractivity contribution is 5.89. The van der Waals surface area contributed by atoms with Gasteiger partial charge in [0.15, 0.2) is 6.61 Å². The molecule has 29 heavy (non-hydrogen) atoms. The molecular formula is C23H28N2O4. The third-order valence-corrected chi connectivity index (χ3v) is 4.77. The van der Waals surface area contributed by atoms with Gasteiger partial charge in [0.2, 0.25) is 0 Å². The van der Waals surface area contributed by atoms with Gasteiger partial charge in [-0.15, -0.1) is 0 Å². The molecule has 0 radical (unpaired) electrons. The highest BCUT2D eigenvalue weighted by Crippen LogP contribution is 2.14. The van der Waals surface area contributed by atoms with Crippen LogP contribution in [0, 0.1) is 0 Å². The topological polar surface area (TPSA) is 59.1 Å². The quantitative estimate of drug-likeness (QED) is 0.674. The maximum Gasteiger partial charge on any atom is 0.338 e. The molecule has 1 heterocycles. The van der Waals surface area contributed by atoms with Gasteiger partial charge in [-0.05, 0) is 43.7 Å². The van der Waals surface area contributed by atoms with E-state index in [2.05, 4.69) is 17.0 Å². The van der Waals surface area contributed by atoms with Gasteiger partial charge in [0.1, 0.15) is 5.75 Å². The first-order chi connectivity index (χ1) is 14.0. The van der Waals surface area contributed by atoms with E-state index in [1.165, 1.54) is 5.56 Å². The Bertz CT molecular complexity index is 797. The Labute approximate surface area is 172 Å². The van der Waals surface area contributed by atoms with E-state index in [4.69, 9.17) is 9.47 Å². The lowest BCUT2D eigenvalue weighted by Gasteiger charge is -2.34. The lowest BCUT2D eigenvalue weighted by molar-refractivity contribution is -0.135. The summed E-state index contributed by atoms with van der Waals surface area (Å²) in [5.41, 5.74) is 1.75. The summed E-state index contributed by atoms with van der Waals surface area (Å²) >= 11 is 0. The van der Waals surface area contributed by atoms with E-state index >= 15 is 0 Å². The second kappa shape index (κ2) is 10.1. The number of piperazine rings is 1. The second-order valence-corrected chi connectivity index (χ2v) is 7.41. The van der Waals surface area contributed by atoms with Gasteiger partial charge >= 0.3 is 5.97 Å². The Morgan fingerprint density at radius 3 is 2.21 bits per heavy atom. The molecule has 0 unspecified atom stereocenters. The molecule has 0 spiro atoms. The van der Waals surface area contributed by atoms with Crippen LogP contribution in [0.1, 0.15) is 29.8 Å². The van der Waals surface area contributed by atoms with Crippen molar-refractivity contribution >= 4 is 11.9 Å². The number of carbonyl (C=O) groups is 2. The summed E-state index contributed by atoms with van der Waals surface area (Å²) in [7, 11) is 0. The Kier molecular flexibility index (Phi) is 7.25. The summed E-state index contributed by atoms with van der Waals surface area (Å²) in [5, 5.41) is 0. The van der Waals surface area contributed by atoms with Crippen molar-refractivity contribution < 1.29 is 19.1 Å². The molecule has 0 bridgehead atoms. The molecule has 1 saturated heterocycles. The van der Waals surface area contributed by atoms with E-state index in [1.807, 2.05) is 36.9 Å². The summed E-state index contributed by atoms with van der Waals surface area (Å²) in [6.07, 6.45) is -0.163. The Morgan fingerprint density at radius 1 is 0.931 bits per heavy atom. The first kappa shape index (κ1) is 20.9. The van der Waals surface area contributed by atoms with Crippen LogP contribution in [0.25, 0.3) is 0 Å². The number of ether oxygens (including phenoxy) is 2. The van der Waals surface area contributed by atoms with Crippen LogP contribution >= 0.6 is 0 Å². The highest BCUT2D eigenvalue weighted by Gasteiger charge is 2.21. The average Bonchev–Trinajstić information content (AvgIpc) is 2.73. The molecule has 2 aromatic carbocycles. The predicted octanol–water partition coefficient (Wildman–Crippen LogP) is 2.98. The normalized spacial score (nSPS) is 14.7. The number of carbonyl (C=O) groups excluding carboxylic acids is 2. The van der Waals surface area contributed by atoms with Crippen LogP contribution < -0.4 is 4.74 Å². The van der Waals surface area contributed by atoms with E-state index < -0.39 is 0 Å². The SMILES string of the molecule is CC(C)OC(=O)c1ccc(OCC(=O)N2CCN(Cc3ccccc3)CC2)cc1. The van der Waals surface area contributed by atoms with Crippen molar-refractivity contribution in [2.24, 2.45) is 0 Å². The average molecular weight is 396 g/mol. The second-order valence-electron chi connectivity index (χ2n) is 7.41. The molecule has 0 aromatic heterocycles. The number of benzene rings is 2. The van der Waals surface area contributed by atoms with Gasteiger partial charge < -0.3 is 14.4 Å². The van der Waals surface area contributed by atoms with E-state index in [0.717, 1.165) is 19.6 Å². The number of rotatable bonds is 7. The number of esters is 1. The molecule has 2 aromatic rings. The zero-order valence-electron chi connectivity index (χ0n) is 17.0. The minimum absolute atomic E-state index is 0.00548. The van der Waals surface area contributed by atoms with Crippen LogP contribution in [-0.2, 0) is 16.1 Å². The van der Waals surface area contributed by atoms with Gasteiger partial charge in [-0.25, -0.2) is 4.79 Å². The first-order valence-electron chi connectivity index (χ1n) is 9.99. The Hall–Kier alpha value is -2.86. The number of hydrogen-bond acceptors (Lipinski definition) is 5. The minimum Gasteiger partial charge on any atom is -0.484 e. The van der Waals surface area contributed by atoms with Gasteiger partial charge in [0.05, 0.1) is 11.7 Å². The molecule has 3 rings (SSSR count). The number of amides is 1. The maximum absolute atomic E-state index is 12.4. The van der Waals surface area contributed by atoms with Crippen LogP contribution in [0.15, 0.2) is 54.6 Å². The fraction of sp³-hybridized carbons (Fsp3) is 0.391. The molecule has 0 atom stereocenters. The van der Waals surface area contributed by atoms with Crippen LogP contribution in [0.5, 0.6) is 5.75 Å². The van der Waals surface area contributed by atoms with Gasteiger partial charge in [-0.2, -0.15) is 0 Å². The van der Waals surface area contributed by atoms with Crippen molar-refractivity contribution in [3.63, 3.8) is 0 Å². The fourth-order valence-corrected chi connectivity index (χ4v) is 3.20. The van der Waals surface area contributed by atoms with Gasteiger partial charge in [0, 0.05) is 32.7 Å². The molecule has 1 aliphatic heterocycles. The Balaban J connectivity index is 1.41. The van der Waals surface area contributed by atoms with Crippen molar-refractivity contribution in [2.45, 2.75) is 26.5 Å². The third-order valence-electron chi connectivity index (χ3n) is 4.77. The smallest absolute Gasteiger partial charge is 0.338 e. The highest BCUT2D eigenvalue weighted by atomic mass is 16.5. The minimum atomic E-state index is -0.365. The number of hydrogen-bond donors (Lipinski definition) is 0. The van der Waals surface area contributed by atoms with Crippen molar-refractivity contribution in [3.8, 4) is 5.75 Å². The fourth-order valence-electron chi connectivity index (χ4n) is 3.20. The summed E-state index contributed by atoms with van der Waals surface area (Å²) < 4.78 is 10.8. The molecule has 6 heteroatoms. The van der Waals surface area contributed by atoms with Crippen molar-refractivity contribution in [1.29, 1.82) is 0 Å². The van der Waals surface area contributed by atoms with Crippen LogP contribution in [0.4, 0.5) is 0 Å². The maximum atomic E-state index is 12.4. The van der Waals surface area contributed by atoms with Crippen LogP contribution in [-0.4, -0.2) is 60.6 Å². The molecule has 1 amide bonds. The van der Waals surface area contributed by atoms with E-state index in [-0.39, 0.29) is 24.6 Å². The summed E-state index contributed by atoms with van der Waals surface area (Å²) in [6.45, 7) is 7.63. The van der Waals surface area contributed by atoms with Gasteiger partial charge in [0.25, 0.3) is 5.91 Å². The monoisotopic (exact) mass is 396 g/mol. The zero-order valence-corrected chi connectivity index (χ0v) is 17.0. The molecule has 0 saturated carbocycles. The first-order valence-corrected chi connectivity index (χ1v) is 9.99. The van der Waals surface area contributed by atoms with Crippen LogP contribution in [0.2, 0.25) is 0 Å². The van der Waals surface area contributed by atoms with Crippen LogP contribution in [0.3, 0.4) is 0 Å². The van der Waals surface area contributed by atoms with Gasteiger partial charge in [-0.1, -0.05) is 30.3 Å². The molecule has 0 aliphatic carbocycles. The molecule has 154 valence electrons.